The third-order valence-corrected chi connectivity index (χ3v) is 5.08. The first kappa shape index (κ1) is 15.9. The molecule has 1 aromatic rings. The number of thioether (sulfide) groups is 1. The maximum atomic E-state index is 4.75. The second-order valence-electron chi connectivity index (χ2n) is 5.85. The van der Waals surface area contributed by atoms with Gasteiger partial charge in [-0.15, -0.1) is 0 Å². The van der Waals surface area contributed by atoms with Gasteiger partial charge in [0.05, 0.1) is 11.7 Å². The lowest BCUT2D eigenvalue weighted by molar-refractivity contribution is 0.327. The first-order valence-corrected chi connectivity index (χ1v) is 9.30. The summed E-state index contributed by atoms with van der Waals surface area (Å²) in [6.07, 6.45) is 10.2. The monoisotopic (exact) mass is 295 g/mol. The van der Waals surface area contributed by atoms with Gasteiger partial charge < -0.3 is 5.32 Å². The highest BCUT2D eigenvalue weighted by molar-refractivity contribution is 7.99. The highest BCUT2D eigenvalue weighted by atomic mass is 32.2. The van der Waals surface area contributed by atoms with E-state index >= 15 is 0 Å². The highest BCUT2D eigenvalue weighted by Gasteiger charge is 2.15. The van der Waals surface area contributed by atoms with Crippen molar-refractivity contribution in [3.63, 3.8) is 0 Å². The maximum Gasteiger partial charge on any atom is 0.0762 e. The van der Waals surface area contributed by atoms with Crippen molar-refractivity contribution < 1.29 is 0 Å². The predicted molar refractivity (Wildman–Crippen MR) is 88.3 cm³/mol. The molecule has 1 atom stereocenters. The molecule has 1 aromatic heterocycles. The first-order chi connectivity index (χ1) is 9.79. The van der Waals surface area contributed by atoms with E-state index in [1.54, 1.807) is 0 Å². The molecule has 4 heteroatoms. The molecule has 1 saturated carbocycles. The van der Waals surface area contributed by atoms with Crippen LogP contribution in [-0.4, -0.2) is 27.3 Å². The SMILES string of the molecule is CCSCCC(C)NCc1ccn(C2CCCCC2)n1. The van der Waals surface area contributed by atoms with Crippen LogP contribution >= 0.6 is 11.8 Å². The molecule has 0 aliphatic heterocycles. The van der Waals surface area contributed by atoms with E-state index in [0.29, 0.717) is 12.1 Å². The van der Waals surface area contributed by atoms with Crippen molar-refractivity contribution in [1.29, 1.82) is 0 Å². The molecular formula is C16H29N3S. The predicted octanol–water partition coefficient (Wildman–Crippen LogP) is 4.01. The van der Waals surface area contributed by atoms with Crippen LogP contribution in [0.2, 0.25) is 0 Å². The Morgan fingerprint density at radius 3 is 2.95 bits per heavy atom. The Labute approximate surface area is 127 Å². The molecule has 0 bridgehead atoms. The lowest BCUT2D eigenvalue weighted by Crippen LogP contribution is -2.26. The second kappa shape index (κ2) is 8.73. The summed E-state index contributed by atoms with van der Waals surface area (Å²) in [6.45, 7) is 5.40. The molecule has 1 fully saturated rings. The molecule has 1 N–H and O–H groups in total. The number of nitrogens with zero attached hydrogens (tertiary/aromatic N) is 2. The molecule has 0 spiro atoms. The van der Waals surface area contributed by atoms with E-state index in [0.717, 1.165) is 6.54 Å². The number of hydrogen-bond donors (Lipinski definition) is 1. The van der Waals surface area contributed by atoms with Crippen molar-refractivity contribution in [2.75, 3.05) is 11.5 Å². The van der Waals surface area contributed by atoms with Crippen molar-refractivity contribution in [2.24, 2.45) is 0 Å². The normalized spacial score (nSPS) is 18.3. The van der Waals surface area contributed by atoms with Gasteiger partial charge in [0, 0.05) is 18.8 Å². The van der Waals surface area contributed by atoms with E-state index < -0.39 is 0 Å². The molecule has 1 heterocycles. The summed E-state index contributed by atoms with van der Waals surface area (Å²) < 4.78 is 2.20. The summed E-state index contributed by atoms with van der Waals surface area (Å²) in [5.41, 5.74) is 1.19. The van der Waals surface area contributed by atoms with Crippen LogP contribution in [0.15, 0.2) is 12.3 Å². The van der Waals surface area contributed by atoms with E-state index in [1.807, 2.05) is 11.8 Å². The summed E-state index contributed by atoms with van der Waals surface area (Å²) in [6, 6.07) is 3.40. The molecule has 3 nitrogen and oxygen atoms in total. The van der Waals surface area contributed by atoms with Crippen LogP contribution in [0.5, 0.6) is 0 Å². The molecule has 0 radical (unpaired) electrons. The quantitative estimate of drug-likeness (QED) is 0.735. The summed E-state index contributed by atoms with van der Waals surface area (Å²) in [4.78, 5) is 0. The van der Waals surface area contributed by atoms with Crippen molar-refractivity contribution in [3.8, 4) is 0 Å². The molecule has 0 aromatic carbocycles. The zero-order valence-corrected chi connectivity index (χ0v) is 13.8. The highest BCUT2D eigenvalue weighted by Crippen LogP contribution is 2.27. The molecule has 1 unspecified atom stereocenters. The van der Waals surface area contributed by atoms with Crippen LogP contribution < -0.4 is 5.32 Å². The van der Waals surface area contributed by atoms with Crippen molar-refractivity contribution >= 4 is 11.8 Å². The van der Waals surface area contributed by atoms with Crippen molar-refractivity contribution in [3.05, 3.63) is 18.0 Å². The molecule has 1 aliphatic rings. The van der Waals surface area contributed by atoms with Crippen LogP contribution in [0, 0.1) is 0 Å². The van der Waals surface area contributed by atoms with Crippen molar-refractivity contribution in [1.82, 2.24) is 15.1 Å². The standard InChI is InChI=1S/C16H29N3S/c1-3-20-12-10-14(2)17-13-15-9-11-19(18-15)16-7-5-4-6-8-16/h9,11,14,16-17H,3-8,10,12-13H2,1-2H3. The lowest BCUT2D eigenvalue weighted by Gasteiger charge is -2.21. The number of nitrogens with one attached hydrogen (secondary N) is 1. The largest absolute Gasteiger partial charge is 0.309 e. The minimum absolute atomic E-state index is 0.578. The smallest absolute Gasteiger partial charge is 0.0762 e. The fourth-order valence-corrected chi connectivity index (χ4v) is 3.61. The van der Waals surface area contributed by atoms with Gasteiger partial charge in [0.25, 0.3) is 0 Å². The summed E-state index contributed by atoms with van der Waals surface area (Å²) in [5.74, 6) is 2.47. The van der Waals surface area contributed by atoms with Crippen LogP contribution in [-0.2, 0) is 6.54 Å². The maximum absolute atomic E-state index is 4.75. The first-order valence-electron chi connectivity index (χ1n) is 8.14. The Morgan fingerprint density at radius 1 is 1.40 bits per heavy atom. The van der Waals surface area contributed by atoms with E-state index in [-0.39, 0.29) is 0 Å². The van der Waals surface area contributed by atoms with Gasteiger partial charge in [0.1, 0.15) is 0 Å². The molecule has 0 saturated heterocycles. The minimum atomic E-state index is 0.578. The van der Waals surface area contributed by atoms with Crippen molar-refractivity contribution in [2.45, 2.75) is 71.0 Å². The van der Waals surface area contributed by atoms with E-state index in [4.69, 9.17) is 5.10 Å². The van der Waals surface area contributed by atoms with Crippen LogP contribution in [0.1, 0.15) is 64.1 Å². The molecular weight excluding hydrogens is 266 g/mol. The summed E-state index contributed by atoms with van der Waals surface area (Å²) in [7, 11) is 0. The zero-order chi connectivity index (χ0) is 14.2. The Bertz CT molecular complexity index is 372. The molecule has 1 aliphatic carbocycles. The van der Waals surface area contributed by atoms with Gasteiger partial charge in [-0.2, -0.15) is 16.9 Å². The molecule has 114 valence electrons. The van der Waals surface area contributed by atoms with Gasteiger partial charge in [-0.3, -0.25) is 4.68 Å². The molecule has 20 heavy (non-hydrogen) atoms. The Hall–Kier alpha value is -0.480. The average Bonchev–Trinajstić information content (AvgIpc) is 2.95. The molecule has 0 amide bonds. The fraction of sp³-hybridized carbons (Fsp3) is 0.812. The topological polar surface area (TPSA) is 29.9 Å². The Morgan fingerprint density at radius 2 is 2.20 bits per heavy atom. The van der Waals surface area contributed by atoms with Gasteiger partial charge >= 0.3 is 0 Å². The number of rotatable bonds is 8. The Kier molecular flexibility index (Phi) is 6.94. The van der Waals surface area contributed by atoms with Crippen LogP contribution in [0.4, 0.5) is 0 Å². The van der Waals surface area contributed by atoms with E-state index in [1.165, 1.54) is 55.7 Å². The lowest BCUT2D eigenvalue weighted by atomic mass is 9.96. The van der Waals surface area contributed by atoms with Crippen LogP contribution in [0.25, 0.3) is 0 Å². The van der Waals surface area contributed by atoms with E-state index in [2.05, 4.69) is 36.1 Å². The van der Waals surface area contributed by atoms with E-state index in [9.17, 15) is 0 Å². The molecule has 2 rings (SSSR count). The number of aromatic nitrogens is 2. The van der Waals surface area contributed by atoms with Crippen LogP contribution in [0.3, 0.4) is 0 Å². The fourth-order valence-electron chi connectivity index (χ4n) is 2.81. The minimum Gasteiger partial charge on any atom is -0.309 e. The zero-order valence-electron chi connectivity index (χ0n) is 13.0. The van der Waals surface area contributed by atoms with Gasteiger partial charge in [-0.25, -0.2) is 0 Å². The van der Waals surface area contributed by atoms with Gasteiger partial charge in [0.15, 0.2) is 0 Å². The second-order valence-corrected chi connectivity index (χ2v) is 7.24. The average molecular weight is 295 g/mol. The van der Waals surface area contributed by atoms with Gasteiger partial charge in [-0.05, 0) is 43.8 Å². The number of hydrogen-bond acceptors (Lipinski definition) is 3. The summed E-state index contributed by atoms with van der Waals surface area (Å²) >= 11 is 2.02. The summed E-state index contributed by atoms with van der Waals surface area (Å²) in [5, 5.41) is 8.34. The van der Waals surface area contributed by atoms with Gasteiger partial charge in [0.2, 0.25) is 0 Å². The van der Waals surface area contributed by atoms with Gasteiger partial charge in [-0.1, -0.05) is 26.2 Å². The third kappa shape index (κ3) is 5.13. The Balaban J connectivity index is 1.72. The third-order valence-electron chi connectivity index (χ3n) is 4.14.